The van der Waals surface area contributed by atoms with E-state index in [1.807, 2.05) is 0 Å². The highest BCUT2D eigenvalue weighted by molar-refractivity contribution is 7.86. The predicted molar refractivity (Wildman–Crippen MR) is 190 cm³/mol. The first-order valence-electron chi connectivity index (χ1n) is 15.4. The second-order valence-corrected chi connectivity index (χ2v) is 14.2. The Morgan fingerprint density at radius 2 is 1.10 bits per heavy atom. The number of anilines is 6. The van der Waals surface area contributed by atoms with Crippen LogP contribution in [0, 0.1) is 11.8 Å². The van der Waals surface area contributed by atoms with Crippen molar-refractivity contribution in [3.8, 4) is 6.01 Å². The average Bonchev–Trinajstić information content (AvgIpc) is 3.11. The highest BCUT2D eigenvalue weighted by Gasteiger charge is 2.19. The van der Waals surface area contributed by atoms with E-state index in [1.54, 1.807) is 13.8 Å². The monoisotopic (exact) mass is 762 g/mol. The van der Waals surface area contributed by atoms with Crippen molar-refractivity contribution in [2.24, 2.45) is 11.8 Å². The first-order valence-corrected chi connectivity index (χ1v) is 18.3. The third-order valence-electron chi connectivity index (χ3n) is 7.00. The standard InChI is InChI=1S/C30H38N10O10S2/c1-17(14-41)12-31-26-35-25(16-43)36-28(37-26)33-21-8-6-19(23(10-21)51(44,45)46)4-5-20-7-9-22(11-24(20)52(47,48)49)34-29-38-27(32-13-18(2)15-42)39-30(40-29)50-3/h4-11,17-18,41-43H,12-16H2,1-3H3,(H,44,45,46)(H,47,48,49)(H2,31,33,35,36,37)(H2,32,34,38,39,40). The molecule has 2 heterocycles. The van der Waals surface area contributed by atoms with E-state index in [0.717, 1.165) is 12.1 Å². The van der Waals surface area contributed by atoms with Gasteiger partial charge in [-0.05, 0) is 47.2 Å². The Kier molecular flexibility index (Phi) is 13.3. The number of ether oxygens (including phenoxy) is 1. The number of aliphatic hydroxyl groups excluding tert-OH is 3. The number of nitrogens with zero attached hydrogens (tertiary/aromatic N) is 6. The van der Waals surface area contributed by atoms with E-state index in [0.29, 0.717) is 13.1 Å². The van der Waals surface area contributed by atoms with Gasteiger partial charge in [-0.15, -0.1) is 0 Å². The van der Waals surface area contributed by atoms with Crippen molar-refractivity contribution in [1.29, 1.82) is 0 Å². The lowest BCUT2D eigenvalue weighted by atomic mass is 10.1. The van der Waals surface area contributed by atoms with E-state index >= 15 is 0 Å². The predicted octanol–water partition coefficient (Wildman–Crippen LogP) is 1.79. The van der Waals surface area contributed by atoms with Crippen LogP contribution in [0.4, 0.5) is 35.2 Å². The van der Waals surface area contributed by atoms with Gasteiger partial charge in [-0.3, -0.25) is 9.11 Å². The smallest absolute Gasteiger partial charge is 0.322 e. The summed E-state index contributed by atoms with van der Waals surface area (Å²) in [5, 5.41) is 39.6. The van der Waals surface area contributed by atoms with Gasteiger partial charge in [0.1, 0.15) is 16.4 Å². The third kappa shape index (κ3) is 11.2. The van der Waals surface area contributed by atoms with Crippen LogP contribution in [0.5, 0.6) is 6.01 Å². The van der Waals surface area contributed by atoms with Gasteiger partial charge in [-0.25, -0.2) is 0 Å². The van der Waals surface area contributed by atoms with Gasteiger partial charge in [0, 0.05) is 37.7 Å². The van der Waals surface area contributed by atoms with Gasteiger partial charge in [-0.2, -0.15) is 46.7 Å². The number of hydrogen-bond donors (Lipinski definition) is 9. The van der Waals surface area contributed by atoms with Crippen molar-refractivity contribution >= 4 is 67.6 Å². The molecule has 0 aliphatic carbocycles. The summed E-state index contributed by atoms with van der Waals surface area (Å²) < 4.78 is 74.9. The molecule has 0 aliphatic rings. The Labute approximate surface area is 299 Å². The van der Waals surface area contributed by atoms with E-state index < -0.39 is 36.6 Å². The molecule has 280 valence electrons. The molecular formula is C30H38N10O10S2. The maximum atomic E-state index is 12.4. The number of aliphatic hydroxyl groups is 3. The molecule has 22 heteroatoms. The van der Waals surface area contributed by atoms with Crippen molar-refractivity contribution in [3.05, 3.63) is 53.3 Å². The summed E-state index contributed by atoms with van der Waals surface area (Å²) in [6.07, 6.45) is 2.45. The summed E-state index contributed by atoms with van der Waals surface area (Å²) in [6, 6.07) is 7.67. The minimum absolute atomic E-state index is 0.000705. The van der Waals surface area contributed by atoms with E-state index in [4.69, 9.17) is 4.74 Å². The van der Waals surface area contributed by atoms with Crippen LogP contribution < -0.4 is 26.0 Å². The fourth-order valence-electron chi connectivity index (χ4n) is 4.25. The number of nitrogens with one attached hydrogen (secondary N) is 4. The molecule has 0 saturated heterocycles. The van der Waals surface area contributed by atoms with Gasteiger partial charge in [0.05, 0.1) is 7.11 Å². The molecule has 0 radical (unpaired) electrons. The molecule has 0 fully saturated rings. The Balaban J connectivity index is 1.62. The molecule has 2 aromatic carbocycles. The average molecular weight is 763 g/mol. The Morgan fingerprint density at radius 3 is 1.52 bits per heavy atom. The maximum absolute atomic E-state index is 12.4. The molecule has 52 heavy (non-hydrogen) atoms. The molecule has 2 unspecified atom stereocenters. The minimum Gasteiger partial charge on any atom is -0.467 e. The zero-order valence-corrected chi connectivity index (χ0v) is 29.7. The van der Waals surface area contributed by atoms with Crippen molar-refractivity contribution in [2.45, 2.75) is 30.2 Å². The molecule has 20 nitrogen and oxygen atoms in total. The quantitative estimate of drug-likeness (QED) is 0.0515. The van der Waals surface area contributed by atoms with Crippen LogP contribution >= 0.6 is 0 Å². The second kappa shape index (κ2) is 17.4. The van der Waals surface area contributed by atoms with Gasteiger partial charge in [0.15, 0.2) is 5.82 Å². The second-order valence-electron chi connectivity index (χ2n) is 11.4. The largest absolute Gasteiger partial charge is 0.467 e. The first-order chi connectivity index (χ1) is 24.6. The summed E-state index contributed by atoms with van der Waals surface area (Å²) in [4.78, 5) is 23.6. The maximum Gasteiger partial charge on any atom is 0.322 e. The number of benzene rings is 2. The highest BCUT2D eigenvalue weighted by Crippen LogP contribution is 2.28. The number of methoxy groups -OCH3 is 1. The molecule has 4 aromatic rings. The number of hydrogen-bond acceptors (Lipinski definition) is 18. The van der Waals surface area contributed by atoms with Gasteiger partial charge in [0.25, 0.3) is 20.2 Å². The Hall–Kier alpha value is -5.10. The van der Waals surface area contributed by atoms with E-state index in [2.05, 4.69) is 51.2 Å². The van der Waals surface area contributed by atoms with Crippen molar-refractivity contribution in [3.63, 3.8) is 0 Å². The lowest BCUT2D eigenvalue weighted by molar-refractivity contribution is 0.244. The molecule has 0 spiro atoms. The molecule has 2 aromatic heterocycles. The lowest BCUT2D eigenvalue weighted by Crippen LogP contribution is -2.17. The van der Waals surface area contributed by atoms with Gasteiger partial charge in [0.2, 0.25) is 23.8 Å². The van der Waals surface area contributed by atoms with Crippen molar-refractivity contribution < 1.29 is 46.0 Å². The molecular weight excluding hydrogens is 725 g/mol. The molecule has 0 bridgehead atoms. The van der Waals surface area contributed by atoms with Crippen LogP contribution in [0.1, 0.15) is 30.8 Å². The van der Waals surface area contributed by atoms with Gasteiger partial charge < -0.3 is 41.3 Å². The molecule has 0 saturated carbocycles. The normalized spacial score (nSPS) is 13.1. The zero-order chi connectivity index (χ0) is 38.1. The Bertz CT molecular complexity index is 1970. The zero-order valence-electron chi connectivity index (χ0n) is 28.1. The van der Waals surface area contributed by atoms with Crippen LogP contribution in [0.3, 0.4) is 0 Å². The molecule has 2 atom stereocenters. The lowest BCUT2D eigenvalue weighted by Gasteiger charge is -2.13. The van der Waals surface area contributed by atoms with E-state index in [-0.39, 0.29) is 83.2 Å². The first kappa shape index (κ1) is 39.7. The molecule has 0 amide bonds. The topological polar surface area (TPSA) is 304 Å². The van der Waals surface area contributed by atoms with Gasteiger partial charge >= 0.3 is 6.01 Å². The van der Waals surface area contributed by atoms with Crippen molar-refractivity contribution in [1.82, 2.24) is 29.9 Å². The van der Waals surface area contributed by atoms with Crippen molar-refractivity contribution in [2.75, 3.05) is 54.7 Å². The minimum atomic E-state index is -4.84. The summed E-state index contributed by atoms with van der Waals surface area (Å²) in [5.41, 5.74) is 0.185. The number of rotatable bonds is 18. The molecule has 0 aliphatic heterocycles. The SMILES string of the molecule is COc1nc(NCC(C)CO)nc(Nc2ccc(C=Cc3ccc(Nc4nc(CO)nc(NCC(C)CO)n4)cc3S(=O)(=O)O)c(S(=O)(=O)O)c2)n1. The van der Waals surface area contributed by atoms with Gasteiger partial charge in [-0.1, -0.05) is 38.1 Å². The summed E-state index contributed by atoms with van der Waals surface area (Å²) in [6.45, 7) is 3.57. The Morgan fingerprint density at radius 1 is 0.673 bits per heavy atom. The molecule has 9 N–H and O–H groups in total. The number of aromatic nitrogens is 6. The fraction of sp³-hybridized carbons (Fsp3) is 0.333. The fourth-order valence-corrected chi connectivity index (χ4v) is 5.67. The van der Waals surface area contributed by atoms with E-state index in [1.165, 1.54) is 43.5 Å². The third-order valence-corrected chi connectivity index (χ3v) is 8.82. The van der Waals surface area contributed by atoms with Crippen LogP contribution in [-0.4, -0.2) is 105 Å². The van der Waals surface area contributed by atoms with Crippen LogP contribution in [-0.2, 0) is 26.8 Å². The van der Waals surface area contributed by atoms with Crippen LogP contribution in [0.15, 0.2) is 46.2 Å². The van der Waals surface area contributed by atoms with E-state index in [9.17, 15) is 41.3 Å². The van der Waals surface area contributed by atoms with Crippen LogP contribution in [0.25, 0.3) is 12.2 Å². The summed E-state index contributed by atoms with van der Waals surface area (Å²) in [7, 11) is -8.33. The molecule has 4 rings (SSSR count). The van der Waals surface area contributed by atoms with Crippen LogP contribution in [0.2, 0.25) is 0 Å². The highest BCUT2D eigenvalue weighted by atomic mass is 32.2. The summed E-state index contributed by atoms with van der Waals surface area (Å²) in [5.74, 6) is -0.112. The summed E-state index contributed by atoms with van der Waals surface area (Å²) >= 11 is 0.